The minimum atomic E-state index is 0.0565. The van der Waals surface area contributed by atoms with Crippen molar-refractivity contribution in [3.63, 3.8) is 0 Å². The highest BCUT2D eigenvalue weighted by atomic mass is 16.5. The molecule has 0 aromatic heterocycles. The van der Waals surface area contributed by atoms with Gasteiger partial charge >= 0.3 is 0 Å². The van der Waals surface area contributed by atoms with Crippen molar-refractivity contribution in [2.75, 3.05) is 20.2 Å². The summed E-state index contributed by atoms with van der Waals surface area (Å²) in [5.74, 6) is 0.963. The number of methoxy groups -OCH3 is 1. The Morgan fingerprint density at radius 1 is 1.32 bits per heavy atom. The molecule has 0 amide bonds. The van der Waals surface area contributed by atoms with Gasteiger partial charge in [0.05, 0.1) is 7.11 Å². The van der Waals surface area contributed by atoms with Crippen molar-refractivity contribution >= 4 is 0 Å². The van der Waals surface area contributed by atoms with Gasteiger partial charge < -0.3 is 15.8 Å². The highest BCUT2D eigenvalue weighted by molar-refractivity contribution is 5.39. The molecule has 1 rings (SSSR count). The predicted molar refractivity (Wildman–Crippen MR) is 81.8 cm³/mol. The van der Waals surface area contributed by atoms with E-state index in [0.717, 1.165) is 31.7 Å². The zero-order valence-electron chi connectivity index (χ0n) is 12.7. The minimum absolute atomic E-state index is 0.0565. The SMILES string of the molecule is COc1ccccc1C(C)(C)CNCCCC(C)N. The van der Waals surface area contributed by atoms with Crippen molar-refractivity contribution in [1.29, 1.82) is 0 Å². The number of rotatable bonds is 8. The molecule has 0 radical (unpaired) electrons. The molecule has 3 nitrogen and oxygen atoms in total. The van der Waals surface area contributed by atoms with Gasteiger partial charge in [0, 0.05) is 23.6 Å². The van der Waals surface area contributed by atoms with Gasteiger partial charge in [0.25, 0.3) is 0 Å². The highest BCUT2D eigenvalue weighted by Crippen LogP contribution is 2.30. The Balaban J connectivity index is 2.51. The fourth-order valence-corrected chi connectivity index (χ4v) is 2.25. The average molecular weight is 264 g/mol. The first-order valence-electron chi connectivity index (χ1n) is 7.07. The third-order valence-electron chi connectivity index (χ3n) is 3.42. The van der Waals surface area contributed by atoms with Crippen LogP contribution in [0.2, 0.25) is 0 Å². The van der Waals surface area contributed by atoms with Crippen LogP contribution in [0.4, 0.5) is 0 Å². The van der Waals surface area contributed by atoms with Crippen molar-refractivity contribution in [3.8, 4) is 5.75 Å². The average Bonchev–Trinajstić information content (AvgIpc) is 2.37. The van der Waals surface area contributed by atoms with E-state index in [-0.39, 0.29) is 5.41 Å². The summed E-state index contributed by atoms with van der Waals surface area (Å²) in [7, 11) is 1.73. The number of nitrogens with one attached hydrogen (secondary N) is 1. The largest absolute Gasteiger partial charge is 0.496 e. The second-order valence-corrected chi connectivity index (χ2v) is 5.88. The topological polar surface area (TPSA) is 47.3 Å². The fraction of sp³-hybridized carbons (Fsp3) is 0.625. The van der Waals surface area contributed by atoms with Crippen LogP contribution in [-0.2, 0) is 5.41 Å². The highest BCUT2D eigenvalue weighted by Gasteiger charge is 2.23. The Bertz CT molecular complexity index is 375. The van der Waals surface area contributed by atoms with E-state index in [4.69, 9.17) is 10.5 Å². The van der Waals surface area contributed by atoms with Gasteiger partial charge in [0.15, 0.2) is 0 Å². The van der Waals surface area contributed by atoms with Gasteiger partial charge in [0.1, 0.15) is 5.75 Å². The Labute approximate surface area is 117 Å². The standard InChI is InChI=1S/C16H28N2O/c1-13(17)8-7-11-18-12-16(2,3)14-9-5-6-10-15(14)19-4/h5-6,9-10,13,18H,7-8,11-12,17H2,1-4H3. The summed E-state index contributed by atoms with van der Waals surface area (Å²) in [6.45, 7) is 8.48. The molecule has 1 aromatic rings. The van der Waals surface area contributed by atoms with E-state index in [9.17, 15) is 0 Å². The second kappa shape index (κ2) is 7.51. The van der Waals surface area contributed by atoms with Crippen LogP contribution in [0, 0.1) is 0 Å². The number of hydrogen-bond donors (Lipinski definition) is 2. The molecule has 0 aliphatic carbocycles. The van der Waals surface area contributed by atoms with Crippen molar-refractivity contribution in [2.24, 2.45) is 5.73 Å². The molecule has 0 spiro atoms. The number of ether oxygens (including phenoxy) is 1. The smallest absolute Gasteiger partial charge is 0.122 e. The molecule has 1 unspecified atom stereocenters. The Kier molecular flexibility index (Phi) is 6.32. The van der Waals surface area contributed by atoms with Crippen LogP contribution in [0.15, 0.2) is 24.3 Å². The predicted octanol–water partition coefficient (Wildman–Crippen LogP) is 2.69. The van der Waals surface area contributed by atoms with Crippen LogP contribution in [-0.4, -0.2) is 26.2 Å². The molecule has 3 heteroatoms. The lowest BCUT2D eigenvalue weighted by molar-refractivity contribution is 0.384. The van der Waals surface area contributed by atoms with E-state index in [1.54, 1.807) is 7.11 Å². The lowest BCUT2D eigenvalue weighted by Gasteiger charge is -2.27. The Morgan fingerprint density at radius 3 is 2.63 bits per heavy atom. The number of benzene rings is 1. The van der Waals surface area contributed by atoms with Crippen molar-refractivity contribution in [3.05, 3.63) is 29.8 Å². The van der Waals surface area contributed by atoms with Gasteiger partial charge in [-0.2, -0.15) is 0 Å². The fourth-order valence-electron chi connectivity index (χ4n) is 2.25. The first-order chi connectivity index (χ1) is 8.97. The number of hydrogen-bond acceptors (Lipinski definition) is 3. The third kappa shape index (κ3) is 5.21. The maximum Gasteiger partial charge on any atom is 0.122 e. The van der Waals surface area contributed by atoms with Gasteiger partial charge in [-0.1, -0.05) is 32.0 Å². The van der Waals surface area contributed by atoms with E-state index in [2.05, 4.69) is 38.2 Å². The molecule has 0 bridgehead atoms. The van der Waals surface area contributed by atoms with Crippen molar-refractivity contribution in [2.45, 2.75) is 45.1 Å². The molecule has 0 aliphatic rings. The number of para-hydroxylation sites is 1. The van der Waals surface area contributed by atoms with E-state index < -0.39 is 0 Å². The van der Waals surface area contributed by atoms with Crippen LogP contribution >= 0.6 is 0 Å². The molecule has 1 atom stereocenters. The van der Waals surface area contributed by atoms with Crippen LogP contribution in [0.5, 0.6) is 5.75 Å². The van der Waals surface area contributed by atoms with E-state index >= 15 is 0 Å². The third-order valence-corrected chi connectivity index (χ3v) is 3.42. The monoisotopic (exact) mass is 264 g/mol. The van der Waals surface area contributed by atoms with Crippen LogP contribution < -0.4 is 15.8 Å². The van der Waals surface area contributed by atoms with Crippen LogP contribution in [0.1, 0.15) is 39.2 Å². The number of nitrogens with two attached hydrogens (primary N) is 1. The van der Waals surface area contributed by atoms with E-state index in [1.807, 2.05) is 12.1 Å². The molecule has 3 N–H and O–H groups in total. The zero-order valence-corrected chi connectivity index (χ0v) is 12.7. The molecule has 0 fully saturated rings. The van der Waals surface area contributed by atoms with Crippen molar-refractivity contribution in [1.82, 2.24) is 5.32 Å². The van der Waals surface area contributed by atoms with E-state index in [0.29, 0.717) is 6.04 Å². The first-order valence-corrected chi connectivity index (χ1v) is 7.07. The van der Waals surface area contributed by atoms with Gasteiger partial charge in [-0.3, -0.25) is 0 Å². The second-order valence-electron chi connectivity index (χ2n) is 5.88. The van der Waals surface area contributed by atoms with E-state index in [1.165, 1.54) is 5.56 Å². The zero-order chi connectivity index (χ0) is 14.3. The molecule has 0 heterocycles. The summed E-state index contributed by atoms with van der Waals surface area (Å²) in [5.41, 5.74) is 7.05. The summed E-state index contributed by atoms with van der Waals surface area (Å²) in [6.07, 6.45) is 2.20. The summed E-state index contributed by atoms with van der Waals surface area (Å²) >= 11 is 0. The summed E-state index contributed by atoms with van der Waals surface area (Å²) < 4.78 is 5.45. The van der Waals surface area contributed by atoms with Gasteiger partial charge in [-0.25, -0.2) is 0 Å². The lowest BCUT2D eigenvalue weighted by atomic mass is 9.84. The maximum absolute atomic E-state index is 5.75. The minimum Gasteiger partial charge on any atom is -0.496 e. The van der Waals surface area contributed by atoms with Crippen LogP contribution in [0.25, 0.3) is 0 Å². The first kappa shape index (κ1) is 16.0. The Hall–Kier alpha value is -1.06. The molecular weight excluding hydrogens is 236 g/mol. The molecule has 0 aliphatic heterocycles. The normalized spacial score (nSPS) is 13.3. The van der Waals surface area contributed by atoms with Gasteiger partial charge in [-0.15, -0.1) is 0 Å². The van der Waals surface area contributed by atoms with Gasteiger partial charge in [0.2, 0.25) is 0 Å². The van der Waals surface area contributed by atoms with Crippen LogP contribution in [0.3, 0.4) is 0 Å². The lowest BCUT2D eigenvalue weighted by Crippen LogP contribution is -2.34. The quantitative estimate of drug-likeness (QED) is 0.710. The summed E-state index contributed by atoms with van der Waals surface area (Å²) in [6, 6.07) is 8.53. The maximum atomic E-state index is 5.75. The summed E-state index contributed by atoms with van der Waals surface area (Å²) in [4.78, 5) is 0. The molecule has 108 valence electrons. The molecule has 19 heavy (non-hydrogen) atoms. The molecule has 0 saturated heterocycles. The summed E-state index contributed by atoms with van der Waals surface area (Å²) in [5, 5.41) is 3.52. The molecular formula is C16H28N2O. The Morgan fingerprint density at radius 2 is 2.00 bits per heavy atom. The van der Waals surface area contributed by atoms with Gasteiger partial charge in [-0.05, 0) is 32.4 Å². The molecule has 0 saturated carbocycles. The molecule has 1 aromatic carbocycles. The van der Waals surface area contributed by atoms with Crippen molar-refractivity contribution < 1.29 is 4.74 Å².